The van der Waals surface area contributed by atoms with E-state index in [1.54, 1.807) is 12.1 Å². The van der Waals surface area contributed by atoms with Crippen LogP contribution in [0.5, 0.6) is 5.75 Å². The van der Waals surface area contributed by atoms with Crippen molar-refractivity contribution in [2.75, 3.05) is 0 Å². The third kappa shape index (κ3) is 2.25. The molecule has 0 spiro atoms. The molecule has 1 heterocycles. The van der Waals surface area contributed by atoms with E-state index in [1.807, 2.05) is 0 Å². The van der Waals surface area contributed by atoms with Crippen LogP contribution in [-0.4, -0.2) is 0 Å². The largest absolute Gasteiger partial charge is 0.485 e. The van der Waals surface area contributed by atoms with Crippen LogP contribution >= 0.6 is 11.6 Å². The topological polar surface area (TPSA) is 35.2 Å². The lowest BCUT2D eigenvalue weighted by atomic mass is 9.93. The first-order valence-corrected chi connectivity index (χ1v) is 6.59. The van der Waals surface area contributed by atoms with Crippen molar-refractivity contribution < 1.29 is 13.5 Å². The molecule has 0 fully saturated rings. The first kappa shape index (κ1) is 13.3. The van der Waals surface area contributed by atoms with Gasteiger partial charge in [0.2, 0.25) is 0 Å². The summed E-state index contributed by atoms with van der Waals surface area (Å²) in [7, 11) is 0. The van der Waals surface area contributed by atoms with E-state index in [0.29, 0.717) is 12.2 Å². The molecule has 0 saturated heterocycles. The van der Waals surface area contributed by atoms with Crippen LogP contribution in [0.3, 0.4) is 0 Å². The molecule has 0 aromatic heterocycles. The Bertz CT molecular complexity index is 642. The summed E-state index contributed by atoms with van der Waals surface area (Å²) in [5.41, 5.74) is 7.04. The van der Waals surface area contributed by atoms with Gasteiger partial charge in [-0.2, -0.15) is 0 Å². The summed E-state index contributed by atoms with van der Waals surface area (Å²) in [5.74, 6) is -0.529. The Morgan fingerprint density at radius 1 is 1.20 bits per heavy atom. The Labute approximate surface area is 120 Å². The van der Waals surface area contributed by atoms with Gasteiger partial charge in [0, 0.05) is 29.7 Å². The standard InChI is InChI=1S/C15H12ClF2NO/c16-10-2-1-3-11(18)15(10)14-7-12(19)9-5-4-8(17)6-13(9)20-14/h1-6,12,14H,7,19H2. The molecule has 20 heavy (non-hydrogen) atoms. The van der Waals surface area contributed by atoms with Gasteiger partial charge in [-0.3, -0.25) is 0 Å². The van der Waals surface area contributed by atoms with Crippen LogP contribution in [0, 0.1) is 11.6 Å². The predicted molar refractivity (Wildman–Crippen MR) is 72.7 cm³/mol. The Morgan fingerprint density at radius 2 is 2.00 bits per heavy atom. The molecule has 2 N–H and O–H groups in total. The highest BCUT2D eigenvalue weighted by atomic mass is 35.5. The minimum absolute atomic E-state index is 0.263. The molecule has 0 bridgehead atoms. The van der Waals surface area contributed by atoms with Gasteiger partial charge in [0.15, 0.2) is 0 Å². The molecular formula is C15H12ClF2NO. The van der Waals surface area contributed by atoms with E-state index in [-0.39, 0.29) is 16.6 Å². The molecule has 0 aliphatic carbocycles. The van der Waals surface area contributed by atoms with Crippen LogP contribution in [0.4, 0.5) is 8.78 Å². The number of hydrogen-bond donors (Lipinski definition) is 1. The SMILES string of the molecule is NC1CC(c2c(F)cccc2Cl)Oc2cc(F)ccc21. The van der Waals surface area contributed by atoms with E-state index < -0.39 is 17.7 Å². The second-order valence-electron chi connectivity index (χ2n) is 4.77. The number of halogens is 3. The summed E-state index contributed by atoms with van der Waals surface area (Å²) in [6.45, 7) is 0. The molecule has 2 unspecified atom stereocenters. The quantitative estimate of drug-likeness (QED) is 0.858. The van der Waals surface area contributed by atoms with Crippen molar-refractivity contribution in [3.05, 3.63) is 64.2 Å². The average Bonchev–Trinajstić information content (AvgIpc) is 2.38. The summed E-state index contributed by atoms with van der Waals surface area (Å²) in [6.07, 6.45) is -0.229. The maximum Gasteiger partial charge on any atom is 0.131 e. The monoisotopic (exact) mass is 295 g/mol. The number of nitrogens with two attached hydrogens (primary N) is 1. The highest BCUT2D eigenvalue weighted by Gasteiger charge is 2.30. The first-order chi connectivity index (χ1) is 9.56. The maximum absolute atomic E-state index is 13.9. The van der Waals surface area contributed by atoms with E-state index >= 15 is 0 Å². The van der Waals surface area contributed by atoms with Crippen molar-refractivity contribution >= 4 is 11.6 Å². The Hall–Kier alpha value is -1.65. The minimum Gasteiger partial charge on any atom is -0.485 e. The molecule has 1 aliphatic rings. The Balaban J connectivity index is 2.03. The average molecular weight is 296 g/mol. The molecule has 2 aromatic carbocycles. The number of hydrogen-bond acceptors (Lipinski definition) is 2. The van der Waals surface area contributed by atoms with Crippen LogP contribution < -0.4 is 10.5 Å². The molecule has 2 aromatic rings. The zero-order valence-electron chi connectivity index (χ0n) is 10.4. The van der Waals surface area contributed by atoms with Crippen LogP contribution in [-0.2, 0) is 0 Å². The number of benzene rings is 2. The lowest BCUT2D eigenvalue weighted by Gasteiger charge is -2.31. The summed E-state index contributed by atoms with van der Waals surface area (Å²) in [5, 5.41) is 0.280. The van der Waals surface area contributed by atoms with E-state index in [4.69, 9.17) is 22.1 Å². The molecule has 2 atom stereocenters. The Morgan fingerprint density at radius 3 is 2.75 bits per heavy atom. The van der Waals surface area contributed by atoms with Gasteiger partial charge < -0.3 is 10.5 Å². The lowest BCUT2D eigenvalue weighted by molar-refractivity contribution is 0.157. The fraction of sp³-hybridized carbons (Fsp3) is 0.200. The van der Waals surface area contributed by atoms with Gasteiger partial charge >= 0.3 is 0 Å². The van der Waals surface area contributed by atoms with Crippen LogP contribution in [0.25, 0.3) is 0 Å². The van der Waals surface area contributed by atoms with Crippen LogP contribution in [0.15, 0.2) is 36.4 Å². The van der Waals surface area contributed by atoms with E-state index in [9.17, 15) is 8.78 Å². The molecule has 0 radical (unpaired) electrons. The molecule has 104 valence electrons. The summed E-state index contributed by atoms with van der Waals surface area (Å²) < 4.78 is 32.9. The number of rotatable bonds is 1. The van der Waals surface area contributed by atoms with E-state index in [1.165, 1.54) is 24.3 Å². The molecular weight excluding hydrogens is 284 g/mol. The van der Waals surface area contributed by atoms with Crippen molar-refractivity contribution in [2.45, 2.75) is 18.6 Å². The van der Waals surface area contributed by atoms with Gasteiger partial charge in [-0.1, -0.05) is 23.7 Å². The summed E-state index contributed by atoms with van der Waals surface area (Å²) in [4.78, 5) is 0. The van der Waals surface area contributed by atoms with Crippen LogP contribution in [0.2, 0.25) is 5.02 Å². The van der Waals surface area contributed by atoms with Crippen molar-refractivity contribution in [3.63, 3.8) is 0 Å². The van der Waals surface area contributed by atoms with Crippen molar-refractivity contribution in [2.24, 2.45) is 5.73 Å². The lowest BCUT2D eigenvalue weighted by Crippen LogP contribution is -2.25. The second kappa shape index (κ2) is 5.04. The smallest absolute Gasteiger partial charge is 0.131 e. The van der Waals surface area contributed by atoms with Gasteiger partial charge in [-0.15, -0.1) is 0 Å². The summed E-state index contributed by atoms with van der Waals surface area (Å²) >= 11 is 6.03. The van der Waals surface area contributed by atoms with Crippen LogP contribution in [0.1, 0.15) is 29.7 Å². The zero-order valence-corrected chi connectivity index (χ0v) is 11.2. The normalized spacial score (nSPS) is 21.2. The molecule has 5 heteroatoms. The van der Waals surface area contributed by atoms with Crippen molar-refractivity contribution in [3.8, 4) is 5.75 Å². The fourth-order valence-electron chi connectivity index (χ4n) is 2.47. The van der Waals surface area contributed by atoms with E-state index in [2.05, 4.69) is 0 Å². The molecule has 0 saturated carbocycles. The van der Waals surface area contributed by atoms with Gasteiger partial charge in [0.25, 0.3) is 0 Å². The number of ether oxygens (including phenoxy) is 1. The predicted octanol–water partition coefficient (Wildman–Crippen LogP) is 4.14. The van der Waals surface area contributed by atoms with Gasteiger partial charge in [0.1, 0.15) is 23.5 Å². The minimum atomic E-state index is -0.618. The highest BCUT2D eigenvalue weighted by Crippen LogP contribution is 2.42. The highest BCUT2D eigenvalue weighted by molar-refractivity contribution is 6.31. The van der Waals surface area contributed by atoms with E-state index in [0.717, 1.165) is 5.56 Å². The van der Waals surface area contributed by atoms with Crippen molar-refractivity contribution in [1.82, 2.24) is 0 Å². The van der Waals surface area contributed by atoms with Gasteiger partial charge in [0.05, 0.1) is 5.02 Å². The first-order valence-electron chi connectivity index (χ1n) is 6.22. The van der Waals surface area contributed by atoms with Gasteiger partial charge in [-0.05, 0) is 18.2 Å². The maximum atomic E-state index is 13.9. The van der Waals surface area contributed by atoms with Gasteiger partial charge in [-0.25, -0.2) is 8.78 Å². The molecule has 1 aliphatic heterocycles. The Kier molecular flexibility index (Phi) is 3.36. The molecule has 2 nitrogen and oxygen atoms in total. The third-order valence-corrected chi connectivity index (χ3v) is 3.76. The summed E-state index contributed by atoms with van der Waals surface area (Å²) in [6, 6.07) is 8.27. The number of fused-ring (bicyclic) bond motifs is 1. The zero-order chi connectivity index (χ0) is 14.3. The molecule has 3 rings (SSSR count). The fourth-order valence-corrected chi connectivity index (χ4v) is 2.76. The molecule has 0 amide bonds. The second-order valence-corrected chi connectivity index (χ2v) is 5.17. The third-order valence-electron chi connectivity index (χ3n) is 3.43. The van der Waals surface area contributed by atoms with Crippen molar-refractivity contribution in [1.29, 1.82) is 0 Å².